The first kappa shape index (κ1) is 22.8. The van der Waals surface area contributed by atoms with Gasteiger partial charge in [0.05, 0.1) is 6.54 Å². The Morgan fingerprint density at radius 3 is 2.27 bits per heavy atom. The molecule has 0 aromatic heterocycles. The molecule has 30 heavy (non-hydrogen) atoms. The Bertz CT molecular complexity index is 695. The van der Waals surface area contributed by atoms with Crippen LogP contribution in [-0.2, 0) is 9.59 Å². The van der Waals surface area contributed by atoms with Crippen LogP contribution >= 0.6 is 0 Å². The fourth-order valence-electron chi connectivity index (χ4n) is 4.50. The summed E-state index contributed by atoms with van der Waals surface area (Å²) in [7, 11) is 0. The van der Waals surface area contributed by atoms with E-state index in [-0.39, 0.29) is 23.4 Å². The van der Waals surface area contributed by atoms with E-state index in [1.165, 1.54) is 6.42 Å². The summed E-state index contributed by atoms with van der Waals surface area (Å²) in [4.78, 5) is 32.5. The zero-order valence-electron chi connectivity index (χ0n) is 18.9. The van der Waals surface area contributed by atoms with Crippen LogP contribution in [0.1, 0.15) is 58.1 Å². The molecule has 2 aliphatic heterocycles. The molecule has 0 saturated carbocycles. The molecule has 1 aromatic carbocycles. The van der Waals surface area contributed by atoms with Crippen molar-refractivity contribution in [1.82, 2.24) is 20.0 Å². The van der Waals surface area contributed by atoms with E-state index >= 15 is 0 Å². The van der Waals surface area contributed by atoms with Crippen molar-refractivity contribution in [3.05, 3.63) is 35.9 Å². The Kier molecular flexibility index (Phi) is 7.89. The van der Waals surface area contributed by atoms with Crippen molar-refractivity contribution in [1.29, 1.82) is 0 Å². The molecule has 3 rings (SSSR count). The van der Waals surface area contributed by atoms with Crippen molar-refractivity contribution in [3.63, 3.8) is 0 Å². The minimum atomic E-state index is -0.229. The highest BCUT2D eigenvalue weighted by Gasteiger charge is 2.33. The molecule has 2 fully saturated rings. The largest absolute Gasteiger partial charge is 0.350 e. The molecule has 2 aliphatic rings. The SMILES string of the molecule is CC(C)(C)NC(=O)CN1CCCN([C@@H](C(=O)N2CCCCC2)c2ccccc2)CC1. The van der Waals surface area contributed by atoms with Crippen molar-refractivity contribution >= 4 is 11.8 Å². The minimum absolute atomic E-state index is 0.0694. The molecular weight excluding hydrogens is 376 g/mol. The van der Waals surface area contributed by atoms with Crippen LogP contribution < -0.4 is 5.32 Å². The van der Waals surface area contributed by atoms with Crippen LogP contribution in [0, 0.1) is 0 Å². The third-order valence-electron chi connectivity index (χ3n) is 5.89. The van der Waals surface area contributed by atoms with Gasteiger partial charge >= 0.3 is 0 Å². The van der Waals surface area contributed by atoms with Gasteiger partial charge in [-0.05, 0) is 58.6 Å². The number of nitrogens with one attached hydrogen (secondary N) is 1. The Hall–Kier alpha value is -1.92. The summed E-state index contributed by atoms with van der Waals surface area (Å²) < 4.78 is 0. The fraction of sp³-hybridized carbons (Fsp3) is 0.667. The quantitative estimate of drug-likeness (QED) is 0.805. The van der Waals surface area contributed by atoms with Crippen LogP contribution in [0.4, 0.5) is 0 Å². The van der Waals surface area contributed by atoms with E-state index in [1.807, 2.05) is 39.0 Å². The van der Waals surface area contributed by atoms with Gasteiger partial charge in [-0.15, -0.1) is 0 Å². The van der Waals surface area contributed by atoms with Gasteiger partial charge in [0.1, 0.15) is 6.04 Å². The highest BCUT2D eigenvalue weighted by atomic mass is 16.2. The van der Waals surface area contributed by atoms with Crippen molar-refractivity contribution in [3.8, 4) is 0 Å². The first-order valence-corrected chi connectivity index (χ1v) is 11.4. The molecule has 2 saturated heterocycles. The fourth-order valence-corrected chi connectivity index (χ4v) is 4.50. The number of carbonyl (C=O) groups is 2. The molecule has 1 aromatic rings. The highest BCUT2D eigenvalue weighted by Crippen LogP contribution is 2.26. The molecule has 2 amide bonds. The first-order chi connectivity index (χ1) is 14.3. The molecule has 0 unspecified atom stereocenters. The predicted molar refractivity (Wildman–Crippen MR) is 120 cm³/mol. The normalized spacial score (nSPS) is 20.4. The van der Waals surface area contributed by atoms with Gasteiger partial charge in [-0.2, -0.15) is 0 Å². The highest BCUT2D eigenvalue weighted by molar-refractivity contribution is 5.83. The van der Waals surface area contributed by atoms with Crippen molar-refractivity contribution in [2.24, 2.45) is 0 Å². The Balaban J connectivity index is 1.68. The number of hydrogen-bond donors (Lipinski definition) is 1. The maximum absolute atomic E-state index is 13.5. The van der Waals surface area contributed by atoms with Crippen molar-refractivity contribution in [2.75, 3.05) is 45.8 Å². The number of piperidine rings is 1. The Labute approximate surface area is 181 Å². The van der Waals surface area contributed by atoms with Crippen LogP contribution in [0.25, 0.3) is 0 Å². The van der Waals surface area contributed by atoms with Gasteiger partial charge in [-0.25, -0.2) is 0 Å². The number of nitrogens with zero attached hydrogens (tertiary/aromatic N) is 3. The van der Waals surface area contributed by atoms with E-state index in [9.17, 15) is 9.59 Å². The molecule has 0 radical (unpaired) electrons. The maximum atomic E-state index is 13.5. The summed E-state index contributed by atoms with van der Waals surface area (Å²) in [5.41, 5.74) is 0.862. The Morgan fingerprint density at radius 1 is 0.900 bits per heavy atom. The molecule has 2 heterocycles. The molecule has 6 heteroatoms. The van der Waals surface area contributed by atoms with Crippen LogP contribution in [0.3, 0.4) is 0 Å². The van der Waals surface area contributed by atoms with Gasteiger partial charge < -0.3 is 10.2 Å². The molecule has 0 bridgehead atoms. The van der Waals surface area contributed by atoms with E-state index in [0.717, 1.165) is 64.1 Å². The molecule has 1 N–H and O–H groups in total. The second-order valence-corrected chi connectivity index (χ2v) is 9.66. The van der Waals surface area contributed by atoms with Crippen LogP contribution in [0.15, 0.2) is 30.3 Å². The van der Waals surface area contributed by atoms with E-state index in [1.54, 1.807) is 0 Å². The summed E-state index contributed by atoms with van der Waals surface area (Å²) in [6.45, 7) is 11.5. The van der Waals surface area contributed by atoms with Crippen LogP contribution in [-0.4, -0.2) is 77.9 Å². The summed E-state index contributed by atoms with van der Waals surface area (Å²) in [5.74, 6) is 0.305. The molecule has 166 valence electrons. The van der Waals surface area contributed by atoms with Gasteiger partial charge in [0, 0.05) is 38.3 Å². The summed E-state index contributed by atoms with van der Waals surface area (Å²) in [5, 5.41) is 3.05. The third kappa shape index (κ3) is 6.54. The van der Waals surface area contributed by atoms with Crippen molar-refractivity contribution < 1.29 is 9.59 Å². The van der Waals surface area contributed by atoms with Gasteiger partial charge in [0.2, 0.25) is 11.8 Å². The topological polar surface area (TPSA) is 55.9 Å². The van der Waals surface area contributed by atoms with E-state index < -0.39 is 0 Å². The molecule has 0 spiro atoms. The molecule has 0 aliphatic carbocycles. The molecular formula is C24H38N4O2. The summed E-state index contributed by atoms with van der Waals surface area (Å²) >= 11 is 0. The minimum Gasteiger partial charge on any atom is -0.350 e. The molecule has 1 atom stereocenters. The van der Waals surface area contributed by atoms with E-state index in [2.05, 4.69) is 32.1 Å². The average Bonchev–Trinajstić information content (AvgIpc) is 2.94. The standard InChI is InChI=1S/C24H38N4O2/c1-24(2,3)25-21(29)19-26-13-10-16-27(18-17-26)22(20-11-6-4-7-12-20)23(30)28-14-8-5-9-15-28/h4,6-7,11-12,22H,5,8-10,13-19H2,1-3H3,(H,25,29)/t22-/m1/s1. The lowest BCUT2D eigenvalue weighted by Gasteiger charge is -2.36. The third-order valence-corrected chi connectivity index (χ3v) is 5.89. The lowest BCUT2D eigenvalue weighted by atomic mass is 10.0. The van der Waals surface area contributed by atoms with Gasteiger partial charge in [0.15, 0.2) is 0 Å². The number of rotatable bonds is 5. The van der Waals surface area contributed by atoms with Gasteiger partial charge in [0.25, 0.3) is 0 Å². The summed E-state index contributed by atoms with van der Waals surface area (Å²) in [6.07, 6.45) is 4.38. The predicted octanol–water partition coefficient (Wildman–Crippen LogP) is 2.66. The number of likely N-dealkylation sites (tertiary alicyclic amines) is 1. The second-order valence-electron chi connectivity index (χ2n) is 9.66. The smallest absolute Gasteiger partial charge is 0.244 e. The lowest BCUT2D eigenvalue weighted by Crippen LogP contribution is -2.47. The van der Waals surface area contributed by atoms with Crippen molar-refractivity contribution in [2.45, 2.75) is 58.0 Å². The monoisotopic (exact) mass is 414 g/mol. The first-order valence-electron chi connectivity index (χ1n) is 11.4. The molecule has 6 nitrogen and oxygen atoms in total. The van der Waals surface area contributed by atoms with E-state index in [0.29, 0.717) is 6.54 Å². The Morgan fingerprint density at radius 2 is 1.60 bits per heavy atom. The number of carbonyl (C=O) groups excluding carboxylic acids is 2. The number of hydrogen-bond acceptors (Lipinski definition) is 4. The number of amides is 2. The summed E-state index contributed by atoms with van der Waals surface area (Å²) in [6, 6.07) is 9.97. The van der Waals surface area contributed by atoms with Crippen LogP contribution in [0.5, 0.6) is 0 Å². The van der Waals surface area contributed by atoms with Gasteiger partial charge in [-0.1, -0.05) is 30.3 Å². The van der Waals surface area contributed by atoms with Gasteiger partial charge in [-0.3, -0.25) is 19.4 Å². The van der Waals surface area contributed by atoms with Crippen LogP contribution in [0.2, 0.25) is 0 Å². The zero-order chi connectivity index (χ0) is 21.6. The second kappa shape index (κ2) is 10.4. The average molecular weight is 415 g/mol. The number of benzene rings is 1. The lowest BCUT2D eigenvalue weighted by molar-refractivity contribution is -0.138. The zero-order valence-corrected chi connectivity index (χ0v) is 18.9. The van der Waals surface area contributed by atoms with E-state index in [4.69, 9.17) is 0 Å². The maximum Gasteiger partial charge on any atom is 0.244 e.